The molecule has 0 unspecified atom stereocenters. The number of nitrogens with zero attached hydrogens (tertiary/aromatic N) is 3. The minimum Gasteiger partial charge on any atom is -0.465 e. The molecule has 0 saturated carbocycles. The normalized spacial score (nSPS) is 11.8. The van der Waals surface area contributed by atoms with Gasteiger partial charge in [-0.1, -0.05) is 6.07 Å². The first-order valence-corrected chi connectivity index (χ1v) is 10.5. The highest BCUT2D eigenvalue weighted by Crippen LogP contribution is 2.22. The van der Waals surface area contributed by atoms with E-state index < -0.39 is 29.6 Å². The van der Waals surface area contributed by atoms with Crippen LogP contribution in [0.15, 0.2) is 48.8 Å². The van der Waals surface area contributed by atoms with Gasteiger partial charge in [-0.15, -0.1) is 0 Å². The lowest BCUT2D eigenvalue weighted by Crippen LogP contribution is -2.45. The maximum atomic E-state index is 13.7. The number of benzene rings is 1. The van der Waals surface area contributed by atoms with E-state index in [1.54, 1.807) is 42.2 Å². The number of carbonyl (C=O) groups excluding carboxylic acids is 2. The molecule has 10 heteroatoms. The molecule has 3 rings (SSSR count). The SMILES string of the molecule is CCOC(=O)CN[C@@H](Cc1ccc(F)c(F)c1)C(=O)Nc1cc(-c2ccncc2)nn1CC. The lowest BCUT2D eigenvalue weighted by Gasteiger charge is -2.18. The van der Waals surface area contributed by atoms with Gasteiger partial charge in [0.2, 0.25) is 5.91 Å². The molecular weight excluding hydrogens is 432 g/mol. The van der Waals surface area contributed by atoms with Gasteiger partial charge in [0.25, 0.3) is 0 Å². The third kappa shape index (κ3) is 6.42. The molecule has 0 fully saturated rings. The minimum atomic E-state index is -1.01. The Kier molecular flexibility index (Phi) is 8.20. The highest BCUT2D eigenvalue weighted by Gasteiger charge is 2.22. The molecule has 2 heterocycles. The quantitative estimate of drug-likeness (QED) is 0.455. The van der Waals surface area contributed by atoms with Crippen LogP contribution < -0.4 is 10.6 Å². The minimum absolute atomic E-state index is 0.0277. The Morgan fingerprint density at radius 3 is 2.52 bits per heavy atom. The van der Waals surface area contributed by atoms with Crippen molar-refractivity contribution >= 4 is 17.7 Å². The molecule has 8 nitrogen and oxygen atoms in total. The number of rotatable bonds is 10. The number of amides is 1. The number of nitrogens with one attached hydrogen (secondary N) is 2. The van der Waals surface area contributed by atoms with Crippen LogP contribution in [0.2, 0.25) is 0 Å². The lowest BCUT2D eigenvalue weighted by atomic mass is 10.0. The van der Waals surface area contributed by atoms with E-state index >= 15 is 0 Å². The van der Waals surface area contributed by atoms with Crippen LogP contribution in [0.25, 0.3) is 11.3 Å². The number of pyridine rings is 1. The zero-order valence-electron chi connectivity index (χ0n) is 18.3. The molecule has 3 aromatic rings. The molecule has 0 aliphatic carbocycles. The van der Waals surface area contributed by atoms with Gasteiger partial charge in [0, 0.05) is 30.6 Å². The fraction of sp³-hybridized carbons (Fsp3) is 0.304. The van der Waals surface area contributed by atoms with Gasteiger partial charge in [-0.05, 0) is 50.1 Å². The van der Waals surface area contributed by atoms with E-state index in [0.29, 0.717) is 23.6 Å². The van der Waals surface area contributed by atoms with E-state index in [2.05, 4.69) is 20.7 Å². The van der Waals surface area contributed by atoms with Gasteiger partial charge >= 0.3 is 5.97 Å². The summed E-state index contributed by atoms with van der Waals surface area (Å²) in [5.74, 6) is -2.51. The van der Waals surface area contributed by atoms with Crippen molar-refractivity contribution < 1.29 is 23.1 Å². The van der Waals surface area contributed by atoms with Crippen molar-refractivity contribution in [2.45, 2.75) is 32.9 Å². The molecule has 1 aromatic carbocycles. The summed E-state index contributed by atoms with van der Waals surface area (Å²) < 4.78 is 33.5. The highest BCUT2D eigenvalue weighted by atomic mass is 19.2. The molecular formula is C23H25F2N5O3. The standard InChI is InChI=1S/C23H25F2N5O3/c1-3-30-21(13-19(29-30)16-7-9-26-10-8-16)28-23(32)20(27-14-22(31)33-4-2)12-15-5-6-17(24)18(25)11-15/h5-11,13,20,27H,3-4,12,14H2,1-2H3,(H,28,32)/t20-/m0/s1. The molecule has 2 aromatic heterocycles. The van der Waals surface area contributed by atoms with Crippen molar-refractivity contribution in [2.24, 2.45) is 0 Å². The summed E-state index contributed by atoms with van der Waals surface area (Å²) in [4.78, 5) is 28.9. The molecule has 2 N–H and O–H groups in total. The number of aromatic nitrogens is 3. The van der Waals surface area contributed by atoms with E-state index in [-0.39, 0.29) is 19.6 Å². The van der Waals surface area contributed by atoms with Crippen molar-refractivity contribution in [3.8, 4) is 11.3 Å². The van der Waals surface area contributed by atoms with Gasteiger partial charge in [-0.25, -0.2) is 13.5 Å². The lowest BCUT2D eigenvalue weighted by molar-refractivity contribution is -0.142. The van der Waals surface area contributed by atoms with Gasteiger partial charge in [-0.3, -0.25) is 19.9 Å². The number of ether oxygens (including phenoxy) is 1. The Bertz CT molecular complexity index is 1100. The van der Waals surface area contributed by atoms with Crippen molar-refractivity contribution in [1.82, 2.24) is 20.1 Å². The number of esters is 1. The average molecular weight is 457 g/mol. The maximum absolute atomic E-state index is 13.7. The molecule has 0 saturated heterocycles. The van der Waals surface area contributed by atoms with Gasteiger partial charge in [-0.2, -0.15) is 5.10 Å². The van der Waals surface area contributed by atoms with Crippen LogP contribution in [0, 0.1) is 11.6 Å². The van der Waals surface area contributed by atoms with Gasteiger partial charge < -0.3 is 10.1 Å². The maximum Gasteiger partial charge on any atom is 0.319 e. The summed E-state index contributed by atoms with van der Waals surface area (Å²) >= 11 is 0. The second kappa shape index (κ2) is 11.3. The molecule has 174 valence electrons. The Balaban J connectivity index is 1.80. The van der Waals surface area contributed by atoms with Crippen LogP contribution >= 0.6 is 0 Å². The van der Waals surface area contributed by atoms with Gasteiger partial charge in [0.05, 0.1) is 24.9 Å². The van der Waals surface area contributed by atoms with Crippen molar-refractivity contribution in [2.75, 3.05) is 18.5 Å². The van der Waals surface area contributed by atoms with Crippen LogP contribution in [0.5, 0.6) is 0 Å². The molecule has 1 amide bonds. The Morgan fingerprint density at radius 2 is 1.85 bits per heavy atom. The Hall–Kier alpha value is -3.66. The number of aryl methyl sites for hydroxylation is 1. The molecule has 0 radical (unpaired) electrons. The van der Waals surface area contributed by atoms with Crippen LogP contribution in [0.1, 0.15) is 19.4 Å². The van der Waals surface area contributed by atoms with Crippen LogP contribution in [0.3, 0.4) is 0 Å². The van der Waals surface area contributed by atoms with E-state index in [9.17, 15) is 18.4 Å². The summed E-state index contributed by atoms with van der Waals surface area (Å²) in [6.45, 7) is 4.05. The predicted octanol–water partition coefficient (Wildman–Crippen LogP) is 2.95. The first kappa shape index (κ1) is 24.0. The molecule has 33 heavy (non-hydrogen) atoms. The average Bonchev–Trinajstić information content (AvgIpc) is 3.22. The number of anilines is 1. The number of carbonyl (C=O) groups is 2. The third-order valence-corrected chi connectivity index (χ3v) is 4.85. The summed E-state index contributed by atoms with van der Waals surface area (Å²) in [5.41, 5.74) is 1.89. The molecule has 0 spiro atoms. The Morgan fingerprint density at radius 1 is 1.09 bits per heavy atom. The number of hydrogen-bond acceptors (Lipinski definition) is 6. The predicted molar refractivity (Wildman–Crippen MR) is 118 cm³/mol. The Labute approximate surface area is 190 Å². The first-order chi connectivity index (χ1) is 15.9. The second-order valence-corrected chi connectivity index (χ2v) is 7.15. The van der Waals surface area contributed by atoms with E-state index in [4.69, 9.17) is 4.74 Å². The van der Waals surface area contributed by atoms with Gasteiger partial charge in [0.15, 0.2) is 11.6 Å². The van der Waals surface area contributed by atoms with E-state index in [1.165, 1.54) is 6.07 Å². The summed E-state index contributed by atoms with van der Waals surface area (Å²) in [6, 6.07) is 7.85. The van der Waals surface area contributed by atoms with E-state index in [1.807, 2.05) is 6.92 Å². The first-order valence-electron chi connectivity index (χ1n) is 10.5. The molecule has 1 atom stereocenters. The molecule has 0 bridgehead atoms. The van der Waals surface area contributed by atoms with Crippen LogP contribution in [0.4, 0.5) is 14.6 Å². The van der Waals surface area contributed by atoms with Crippen LogP contribution in [-0.2, 0) is 27.3 Å². The zero-order valence-corrected chi connectivity index (χ0v) is 18.3. The highest BCUT2D eigenvalue weighted by molar-refractivity contribution is 5.95. The van der Waals surface area contributed by atoms with Crippen LogP contribution in [-0.4, -0.2) is 45.8 Å². The number of halogens is 2. The number of hydrogen-bond donors (Lipinski definition) is 2. The van der Waals surface area contributed by atoms with Crippen molar-refractivity contribution in [1.29, 1.82) is 0 Å². The van der Waals surface area contributed by atoms with E-state index in [0.717, 1.165) is 17.7 Å². The second-order valence-electron chi connectivity index (χ2n) is 7.15. The smallest absolute Gasteiger partial charge is 0.319 e. The topological polar surface area (TPSA) is 98.1 Å². The van der Waals surface area contributed by atoms with Crippen molar-refractivity contribution in [3.63, 3.8) is 0 Å². The summed E-state index contributed by atoms with van der Waals surface area (Å²) in [7, 11) is 0. The molecule has 0 aliphatic heterocycles. The van der Waals surface area contributed by atoms with Crippen molar-refractivity contribution in [3.05, 3.63) is 66.0 Å². The fourth-order valence-electron chi connectivity index (χ4n) is 3.21. The molecule has 0 aliphatic rings. The third-order valence-electron chi connectivity index (χ3n) is 4.85. The largest absolute Gasteiger partial charge is 0.465 e. The fourth-order valence-corrected chi connectivity index (χ4v) is 3.21. The monoisotopic (exact) mass is 457 g/mol. The van der Waals surface area contributed by atoms with Gasteiger partial charge in [0.1, 0.15) is 5.82 Å². The zero-order chi connectivity index (χ0) is 23.8. The summed E-state index contributed by atoms with van der Waals surface area (Å²) in [6.07, 6.45) is 3.32. The summed E-state index contributed by atoms with van der Waals surface area (Å²) in [5, 5.41) is 10.2.